The summed E-state index contributed by atoms with van der Waals surface area (Å²) in [7, 11) is 0. The van der Waals surface area contributed by atoms with Crippen molar-refractivity contribution in [3.8, 4) is 11.5 Å². The molecule has 0 atom stereocenters. The van der Waals surface area contributed by atoms with E-state index in [1.165, 1.54) is 24.4 Å². The summed E-state index contributed by atoms with van der Waals surface area (Å²) in [5, 5.41) is 6.53. The zero-order valence-corrected chi connectivity index (χ0v) is 14.9. The Labute approximate surface area is 159 Å². The lowest BCUT2D eigenvalue weighted by Gasteiger charge is -2.13. The summed E-state index contributed by atoms with van der Waals surface area (Å²) in [6.45, 7) is 0. The third kappa shape index (κ3) is 3.72. The lowest BCUT2D eigenvalue weighted by atomic mass is 10.0. The monoisotopic (exact) mass is 422 g/mol. The number of hydrogen-bond donors (Lipinski definition) is 2. The van der Waals surface area contributed by atoms with Gasteiger partial charge in [-0.25, -0.2) is 4.98 Å². The maximum Gasteiger partial charge on any atom is 0.433 e. The Bertz CT molecular complexity index is 1030. The van der Waals surface area contributed by atoms with Crippen LogP contribution in [0.15, 0.2) is 29.2 Å². The van der Waals surface area contributed by atoms with E-state index in [-0.39, 0.29) is 33.0 Å². The second kappa shape index (κ2) is 6.94. The minimum atomic E-state index is -4.85. The number of halogens is 6. The second-order valence-corrected chi connectivity index (χ2v) is 6.47. The van der Waals surface area contributed by atoms with Crippen LogP contribution < -0.4 is 5.56 Å². The molecule has 0 amide bonds. The van der Waals surface area contributed by atoms with Crippen molar-refractivity contribution in [3.63, 3.8) is 0 Å². The van der Waals surface area contributed by atoms with Crippen LogP contribution in [0.25, 0.3) is 11.5 Å². The Morgan fingerprint density at radius 2 is 1.81 bits per heavy atom. The number of hydrogen-bond acceptors (Lipinski definition) is 3. The van der Waals surface area contributed by atoms with Gasteiger partial charge < -0.3 is 4.98 Å². The van der Waals surface area contributed by atoms with Gasteiger partial charge in [-0.2, -0.15) is 18.3 Å². The molecule has 3 aromatic rings. The van der Waals surface area contributed by atoms with E-state index in [1.54, 1.807) is 0 Å². The van der Waals surface area contributed by atoms with Crippen LogP contribution in [0.5, 0.6) is 0 Å². The Hall–Kier alpha value is -2.03. The van der Waals surface area contributed by atoms with Crippen LogP contribution in [-0.4, -0.2) is 20.2 Å². The fraction of sp³-hybridized carbons (Fsp3) is 0.133. The molecule has 1 aromatic carbocycles. The number of H-pyrrole nitrogens is 2. The molecule has 3 rings (SSSR count). The Kier molecular flexibility index (Phi) is 5.01. The molecule has 0 aliphatic carbocycles. The number of alkyl halides is 3. The molecule has 2 aromatic heterocycles. The Morgan fingerprint density at radius 1 is 1.08 bits per heavy atom. The number of aromatic amines is 2. The highest BCUT2D eigenvalue weighted by Gasteiger charge is 2.37. The van der Waals surface area contributed by atoms with Crippen LogP contribution >= 0.6 is 34.8 Å². The molecule has 26 heavy (non-hydrogen) atoms. The van der Waals surface area contributed by atoms with Crippen LogP contribution in [0, 0.1) is 0 Å². The molecule has 2 heterocycles. The number of nitrogens with zero attached hydrogens (tertiary/aromatic N) is 2. The van der Waals surface area contributed by atoms with E-state index >= 15 is 0 Å². The molecule has 0 aliphatic heterocycles. The first-order chi connectivity index (χ1) is 12.2. The van der Waals surface area contributed by atoms with Crippen molar-refractivity contribution in [2.45, 2.75) is 12.6 Å². The van der Waals surface area contributed by atoms with Crippen molar-refractivity contribution in [1.82, 2.24) is 20.2 Å². The average Bonchev–Trinajstić information content (AvgIpc) is 2.97. The predicted octanol–water partition coefficient (Wildman–Crippen LogP) is 4.73. The van der Waals surface area contributed by atoms with Crippen molar-refractivity contribution in [1.29, 1.82) is 0 Å². The van der Waals surface area contributed by atoms with Gasteiger partial charge in [0.1, 0.15) is 5.69 Å². The zero-order valence-electron chi connectivity index (χ0n) is 12.6. The molecule has 0 fully saturated rings. The lowest BCUT2D eigenvalue weighted by molar-refractivity contribution is -0.141. The van der Waals surface area contributed by atoms with E-state index in [0.717, 1.165) is 0 Å². The van der Waals surface area contributed by atoms with E-state index in [4.69, 9.17) is 34.8 Å². The summed E-state index contributed by atoms with van der Waals surface area (Å²) in [6.07, 6.45) is -3.92. The van der Waals surface area contributed by atoms with E-state index in [0.29, 0.717) is 5.56 Å². The Morgan fingerprint density at radius 3 is 2.38 bits per heavy atom. The third-order valence-corrected chi connectivity index (χ3v) is 4.49. The fourth-order valence-electron chi connectivity index (χ4n) is 2.30. The van der Waals surface area contributed by atoms with Crippen molar-refractivity contribution in [3.05, 3.63) is 66.6 Å². The molecule has 0 radical (unpaired) electrons. The van der Waals surface area contributed by atoms with Crippen LogP contribution in [0.2, 0.25) is 15.1 Å². The quantitative estimate of drug-likeness (QED) is 0.639. The predicted molar refractivity (Wildman–Crippen MR) is 91.7 cm³/mol. The second-order valence-electron chi connectivity index (χ2n) is 5.25. The van der Waals surface area contributed by atoms with Gasteiger partial charge in [-0.05, 0) is 17.7 Å². The first-order valence-corrected chi connectivity index (χ1v) is 8.14. The molecule has 136 valence electrons. The van der Waals surface area contributed by atoms with Gasteiger partial charge in [0.2, 0.25) is 0 Å². The SMILES string of the molecule is O=c1[nH]c(-c2n[nH]cc2Cl)nc(C(F)(F)F)c1Cc1ccc(Cl)c(Cl)c1. The maximum absolute atomic E-state index is 13.5. The molecule has 0 unspecified atom stereocenters. The van der Waals surface area contributed by atoms with Crippen LogP contribution in [-0.2, 0) is 12.6 Å². The summed E-state index contributed by atoms with van der Waals surface area (Å²) in [5.74, 6) is -0.383. The van der Waals surface area contributed by atoms with Gasteiger partial charge in [0.15, 0.2) is 11.5 Å². The molecule has 0 aliphatic rings. The van der Waals surface area contributed by atoms with Gasteiger partial charge in [0.05, 0.1) is 20.6 Å². The summed E-state index contributed by atoms with van der Waals surface area (Å²) < 4.78 is 40.4. The van der Waals surface area contributed by atoms with E-state index in [9.17, 15) is 18.0 Å². The first kappa shape index (κ1) is 18.8. The summed E-state index contributed by atoms with van der Waals surface area (Å²) in [4.78, 5) is 18.2. The van der Waals surface area contributed by atoms with E-state index < -0.39 is 23.0 Å². The largest absolute Gasteiger partial charge is 0.433 e. The van der Waals surface area contributed by atoms with Crippen molar-refractivity contribution in [2.75, 3.05) is 0 Å². The lowest BCUT2D eigenvalue weighted by Crippen LogP contribution is -2.24. The number of aromatic nitrogens is 4. The molecule has 5 nitrogen and oxygen atoms in total. The smallest absolute Gasteiger partial charge is 0.305 e. The molecular weight excluding hydrogens is 416 g/mol. The standard InChI is InChI=1S/C15H8Cl3F3N4O/c16-8-2-1-6(4-9(8)17)3-7-12(15(19,20)21)23-13(24-14(7)26)11-10(18)5-22-25-11/h1-2,4-5H,3H2,(H,22,25)(H,23,24,26). The minimum absolute atomic E-state index is 0.0264. The molecule has 0 saturated carbocycles. The van der Waals surface area contributed by atoms with Gasteiger partial charge in [-0.1, -0.05) is 40.9 Å². The minimum Gasteiger partial charge on any atom is -0.305 e. The number of nitrogens with one attached hydrogen (secondary N) is 2. The highest BCUT2D eigenvalue weighted by atomic mass is 35.5. The average molecular weight is 424 g/mol. The highest BCUT2D eigenvalue weighted by molar-refractivity contribution is 6.42. The van der Waals surface area contributed by atoms with Gasteiger partial charge >= 0.3 is 6.18 Å². The van der Waals surface area contributed by atoms with Crippen LogP contribution in [0.1, 0.15) is 16.8 Å². The maximum atomic E-state index is 13.5. The fourth-order valence-corrected chi connectivity index (χ4v) is 2.80. The molecule has 11 heteroatoms. The van der Waals surface area contributed by atoms with E-state index in [1.807, 2.05) is 0 Å². The summed E-state index contributed by atoms with van der Waals surface area (Å²) in [5.41, 5.74) is -2.53. The highest BCUT2D eigenvalue weighted by Crippen LogP contribution is 2.32. The van der Waals surface area contributed by atoms with Crippen molar-refractivity contribution >= 4 is 34.8 Å². The summed E-state index contributed by atoms with van der Waals surface area (Å²) in [6, 6.07) is 4.31. The normalized spacial score (nSPS) is 11.8. The Balaban J connectivity index is 2.14. The van der Waals surface area contributed by atoms with Gasteiger partial charge in [-0.3, -0.25) is 9.89 Å². The van der Waals surface area contributed by atoms with Crippen LogP contribution in [0.3, 0.4) is 0 Å². The molecule has 2 N–H and O–H groups in total. The zero-order chi connectivity index (χ0) is 19.1. The summed E-state index contributed by atoms with van der Waals surface area (Å²) >= 11 is 17.5. The van der Waals surface area contributed by atoms with Gasteiger partial charge in [-0.15, -0.1) is 0 Å². The topological polar surface area (TPSA) is 74.4 Å². The van der Waals surface area contributed by atoms with Gasteiger partial charge in [0, 0.05) is 12.6 Å². The number of rotatable bonds is 3. The molecule has 0 spiro atoms. The first-order valence-electron chi connectivity index (χ1n) is 7.00. The van der Waals surface area contributed by atoms with Crippen LogP contribution in [0.4, 0.5) is 13.2 Å². The molecular formula is C15H8Cl3F3N4O. The number of benzene rings is 1. The van der Waals surface area contributed by atoms with Crippen molar-refractivity contribution in [2.24, 2.45) is 0 Å². The van der Waals surface area contributed by atoms with Crippen molar-refractivity contribution < 1.29 is 13.2 Å². The molecule has 0 bridgehead atoms. The van der Waals surface area contributed by atoms with Gasteiger partial charge in [0.25, 0.3) is 5.56 Å². The van der Waals surface area contributed by atoms with E-state index in [2.05, 4.69) is 20.2 Å². The third-order valence-electron chi connectivity index (χ3n) is 3.47. The molecule has 0 saturated heterocycles.